The van der Waals surface area contributed by atoms with Crippen molar-refractivity contribution in [2.45, 2.75) is 26.7 Å². The predicted octanol–water partition coefficient (Wildman–Crippen LogP) is 3.84. The number of carbonyl (C=O) groups excluding carboxylic acids is 1. The Kier molecular flexibility index (Phi) is 3.80. The Morgan fingerprint density at radius 1 is 1.32 bits per heavy atom. The Labute approximate surface area is 131 Å². The SMILES string of the molecule is C=C(C)[C@@H]1Cc2c(C)nn(C(=O)C=Cc3ccccc3)c2C1. The molecule has 1 heterocycles. The number of hydrogen-bond donors (Lipinski definition) is 0. The first-order valence-electron chi connectivity index (χ1n) is 7.56. The van der Waals surface area contributed by atoms with E-state index in [1.54, 1.807) is 10.8 Å². The molecule has 3 nitrogen and oxygen atoms in total. The molecule has 1 aromatic heterocycles. The smallest absolute Gasteiger partial charge is 0.267 e. The summed E-state index contributed by atoms with van der Waals surface area (Å²) in [5.74, 6) is 0.347. The zero-order valence-corrected chi connectivity index (χ0v) is 13.0. The fraction of sp³-hybridized carbons (Fsp3) is 0.263. The van der Waals surface area contributed by atoms with Gasteiger partial charge in [0.15, 0.2) is 0 Å². The van der Waals surface area contributed by atoms with E-state index < -0.39 is 0 Å². The average molecular weight is 292 g/mol. The van der Waals surface area contributed by atoms with Crippen molar-refractivity contribution in [3.8, 4) is 0 Å². The largest absolute Gasteiger partial charge is 0.271 e. The molecule has 1 atom stereocenters. The standard InChI is InChI=1S/C19H20N2O/c1-13(2)16-11-17-14(3)20-21(18(17)12-16)19(22)10-9-15-7-5-4-6-8-15/h4-10,16H,1,11-12H2,2-3H3/t16-/m1/s1. The monoisotopic (exact) mass is 292 g/mol. The highest BCUT2D eigenvalue weighted by Gasteiger charge is 2.29. The summed E-state index contributed by atoms with van der Waals surface area (Å²) >= 11 is 0. The fourth-order valence-electron chi connectivity index (χ4n) is 2.97. The molecule has 1 aromatic carbocycles. The summed E-state index contributed by atoms with van der Waals surface area (Å²) in [6, 6.07) is 9.81. The minimum Gasteiger partial charge on any atom is -0.267 e. The predicted molar refractivity (Wildman–Crippen MR) is 88.8 cm³/mol. The normalized spacial score (nSPS) is 16.9. The summed E-state index contributed by atoms with van der Waals surface area (Å²) in [5.41, 5.74) is 5.41. The fourth-order valence-corrected chi connectivity index (χ4v) is 2.97. The van der Waals surface area contributed by atoms with E-state index >= 15 is 0 Å². The van der Waals surface area contributed by atoms with Gasteiger partial charge in [-0.3, -0.25) is 4.79 Å². The third-order valence-electron chi connectivity index (χ3n) is 4.30. The number of aryl methyl sites for hydroxylation is 1. The molecule has 2 aromatic rings. The third kappa shape index (κ3) is 2.67. The quantitative estimate of drug-likeness (QED) is 0.636. The molecular weight excluding hydrogens is 272 g/mol. The zero-order valence-electron chi connectivity index (χ0n) is 13.0. The van der Waals surface area contributed by atoms with Gasteiger partial charge in [-0.05, 0) is 49.8 Å². The molecule has 0 aliphatic heterocycles. The lowest BCUT2D eigenvalue weighted by atomic mass is 9.99. The van der Waals surface area contributed by atoms with Crippen LogP contribution in [-0.4, -0.2) is 15.7 Å². The lowest BCUT2D eigenvalue weighted by Crippen LogP contribution is -2.14. The molecule has 0 bridgehead atoms. The lowest BCUT2D eigenvalue weighted by molar-refractivity contribution is 0.0951. The molecule has 0 saturated carbocycles. The first-order valence-corrected chi connectivity index (χ1v) is 7.56. The van der Waals surface area contributed by atoms with Crippen molar-refractivity contribution in [2.24, 2.45) is 5.92 Å². The number of nitrogens with zero attached hydrogens (tertiary/aromatic N) is 2. The van der Waals surface area contributed by atoms with E-state index in [1.807, 2.05) is 43.3 Å². The van der Waals surface area contributed by atoms with Gasteiger partial charge in [-0.25, -0.2) is 4.68 Å². The van der Waals surface area contributed by atoms with Crippen molar-refractivity contribution in [1.82, 2.24) is 9.78 Å². The van der Waals surface area contributed by atoms with Crippen LogP contribution in [0, 0.1) is 12.8 Å². The minimum atomic E-state index is -0.0874. The van der Waals surface area contributed by atoms with Gasteiger partial charge in [0.2, 0.25) is 0 Å². The van der Waals surface area contributed by atoms with Crippen molar-refractivity contribution in [2.75, 3.05) is 0 Å². The Morgan fingerprint density at radius 3 is 2.73 bits per heavy atom. The number of allylic oxidation sites excluding steroid dienone is 2. The van der Waals surface area contributed by atoms with E-state index in [0.29, 0.717) is 5.92 Å². The van der Waals surface area contributed by atoms with E-state index in [9.17, 15) is 4.79 Å². The molecule has 0 radical (unpaired) electrons. The Hall–Kier alpha value is -2.42. The van der Waals surface area contributed by atoms with E-state index in [0.717, 1.165) is 29.8 Å². The van der Waals surface area contributed by atoms with Gasteiger partial charge >= 0.3 is 0 Å². The summed E-state index contributed by atoms with van der Waals surface area (Å²) in [6.45, 7) is 8.08. The molecule has 3 heteroatoms. The van der Waals surface area contributed by atoms with Crippen LogP contribution in [0.4, 0.5) is 0 Å². The summed E-state index contributed by atoms with van der Waals surface area (Å²) in [7, 11) is 0. The van der Waals surface area contributed by atoms with E-state index in [-0.39, 0.29) is 5.91 Å². The number of fused-ring (bicyclic) bond motifs is 1. The van der Waals surface area contributed by atoms with Gasteiger partial charge in [0, 0.05) is 6.08 Å². The molecular formula is C19H20N2O. The average Bonchev–Trinajstić information content (AvgIpc) is 3.07. The number of rotatable bonds is 3. The number of carbonyl (C=O) groups is 1. The summed E-state index contributed by atoms with van der Waals surface area (Å²) < 4.78 is 1.56. The van der Waals surface area contributed by atoms with Gasteiger partial charge < -0.3 is 0 Å². The molecule has 0 amide bonds. The van der Waals surface area contributed by atoms with Gasteiger partial charge in [0.1, 0.15) is 0 Å². The maximum atomic E-state index is 12.5. The van der Waals surface area contributed by atoms with Gasteiger partial charge in [-0.1, -0.05) is 42.5 Å². The van der Waals surface area contributed by atoms with Crippen molar-refractivity contribution < 1.29 is 4.79 Å². The maximum Gasteiger partial charge on any atom is 0.271 e. The summed E-state index contributed by atoms with van der Waals surface area (Å²) in [6.07, 6.45) is 5.23. The van der Waals surface area contributed by atoms with Crippen LogP contribution in [0.15, 0.2) is 48.6 Å². The lowest BCUT2D eigenvalue weighted by Gasteiger charge is -2.08. The second kappa shape index (κ2) is 5.76. The van der Waals surface area contributed by atoms with Crippen molar-refractivity contribution in [1.29, 1.82) is 0 Å². The van der Waals surface area contributed by atoms with Crippen LogP contribution in [0.1, 0.15) is 34.2 Å². The van der Waals surface area contributed by atoms with Gasteiger partial charge in [0.25, 0.3) is 5.91 Å². The molecule has 22 heavy (non-hydrogen) atoms. The van der Waals surface area contributed by atoms with Crippen LogP contribution >= 0.6 is 0 Å². The van der Waals surface area contributed by atoms with Crippen LogP contribution in [0.3, 0.4) is 0 Å². The van der Waals surface area contributed by atoms with Gasteiger partial charge in [-0.15, -0.1) is 0 Å². The van der Waals surface area contributed by atoms with Crippen LogP contribution in [0.5, 0.6) is 0 Å². The molecule has 0 unspecified atom stereocenters. The first kappa shape index (κ1) is 14.5. The number of hydrogen-bond acceptors (Lipinski definition) is 2. The van der Waals surface area contributed by atoms with Crippen molar-refractivity contribution in [3.05, 3.63) is 71.1 Å². The Balaban J connectivity index is 1.85. The molecule has 0 saturated heterocycles. The van der Waals surface area contributed by atoms with Crippen LogP contribution in [-0.2, 0) is 12.8 Å². The molecule has 0 fully saturated rings. The minimum absolute atomic E-state index is 0.0874. The zero-order chi connectivity index (χ0) is 15.7. The highest BCUT2D eigenvalue weighted by molar-refractivity contribution is 5.93. The first-order chi connectivity index (χ1) is 10.6. The second-order valence-electron chi connectivity index (χ2n) is 5.96. The van der Waals surface area contributed by atoms with Crippen molar-refractivity contribution in [3.63, 3.8) is 0 Å². The third-order valence-corrected chi connectivity index (χ3v) is 4.30. The van der Waals surface area contributed by atoms with Gasteiger partial charge in [-0.2, -0.15) is 5.10 Å². The van der Waals surface area contributed by atoms with E-state index in [4.69, 9.17) is 0 Å². The molecule has 1 aliphatic rings. The molecule has 3 rings (SSSR count). The Bertz CT molecular complexity index is 753. The molecule has 112 valence electrons. The summed E-state index contributed by atoms with van der Waals surface area (Å²) in [5, 5.41) is 4.42. The highest BCUT2D eigenvalue weighted by atomic mass is 16.2. The van der Waals surface area contributed by atoms with E-state index in [2.05, 4.69) is 18.6 Å². The maximum absolute atomic E-state index is 12.5. The molecule has 0 spiro atoms. The molecule has 1 aliphatic carbocycles. The topological polar surface area (TPSA) is 34.9 Å². The van der Waals surface area contributed by atoms with Crippen LogP contribution in [0.25, 0.3) is 6.08 Å². The van der Waals surface area contributed by atoms with Crippen LogP contribution in [0.2, 0.25) is 0 Å². The summed E-state index contributed by atoms with van der Waals surface area (Å²) in [4.78, 5) is 12.5. The second-order valence-corrected chi connectivity index (χ2v) is 5.96. The Morgan fingerprint density at radius 2 is 2.05 bits per heavy atom. The van der Waals surface area contributed by atoms with Crippen molar-refractivity contribution >= 4 is 12.0 Å². The van der Waals surface area contributed by atoms with Crippen LogP contribution < -0.4 is 0 Å². The number of aromatic nitrogens is 2. The van der Waals surface area contributed by atoms with Gasteiger partial charge in [0.05, 0.1) is 11.4 Å². The number of benzene rings is 1. The highest BCUT2D eigenvalue weighted by Crippen LogP contribution is 2.32. The molecule has 0 N–H and O–H groups in total. The van der Waals surface area contributed by atoms with E-state index in [1.165, 1.54) is 11.1 Å².